The van der Waals surface area contributed by atoms with E-state index in [1.54, 1.807) is 0 Å². The zero-order valence-electron chi connectivity index (χ0n) is 14.6. The summed E-state index contributed by atoms with van der Waals surface area (Å²) in [6, 6.07) is 4.10. The number of ether oxygens (including phenoxy) is 2. The summed E-state index contributed by atoms with van der Waals surface area (Å²) in [6.07, 6.45) is 5.07. The molecule has 1 amide bonds. The summed E-state index contributed by atoms with van der Waals surface area (Å²) in [5.41, 5.74) is -0.254. The molecule has 1 aromatic rings. The third-order valence-corrected chi connectivity index (χ3v) is 5.35. The molecule has 26 heavy (non-hydrogen) atoms. The lowest BCUT2D eigenvalue weighted by Gasteiger charge is -2.20. The fraction of sp³-hybridized carbons (Fsp3) is 0.556. The zero-order valence-corrected chi connectivity index (χ0v) is 14.6. The van der Waals surface area contributed by atoms with Gasteiger partial charge in [-0.2, -0.15) is 0 Å². The van der Waals surface area contributed by atoms with Crippen LogP contribution in [-0.4, -0.2) is 30.5 Å². The van der Waals surface area contributed by atoms with Gasteiger partial charge in [0.25, 0.3) is 11.6 Å². The van der Waals surface area contributed by atoms with Crippen LogP contribution in [-0.2, 0) is 14.3 Å². The standard InChI is InChI=1S/C18H22N2O6/c1-25-14-4-5-15(16(9-14)20(23)24)19-17(21)10-26-18(22)8-13-7-11-2-3-12(13)6-11/h4-5,9,11-13H,2-3,6-8,10H2,1H3,(H,19,21)/t11-,12-,13+/m1/s1. The molecule has 0 radical (unpaired) electrons. The molecule has 0 heterocycles. The van der Waals surface area contributed by atoms with E-state index in [1.807, 2.05) is 0 Å². The van der Waals surface area contributed by atoms with Crippen LogP contribution in [0.2, 0.25) is 0 Å². The fourth-order valence-corrected chi connectivity index (χ4v) is 4.13. The summed E-state index contributed by atoms with van der Waals surface area (Å²) in [5, 5.41) is 13.5. The fourth-order valence-electron chi connectivity index (χ4n) is 4.13. The number of nitro groups is 1. The highest BCUT2D eigenvalue weighted by Gasteiger charge is 2.40. The molecule has 2 aliphatic carbocycles. The van der Waals surface area contributed by atoms with Crippen molar-refractivity contribution in [1.82, 2.24) is 0 Å². The Balaban J connectivity index is 1.49. The third kappa shape index (κ3) is 4.12. The second-order valence-electron chi connectivity index (χ2n) is 6.99. The molecular formula is C18H22N2O6. The number of rotatable bonds is 7. The van der Waals surface area contributed by atoms with Gasteiger partial charge in [-0.05, 0) is 49.1 Å². The summed E-state index contributed by atoms with van der Waals surface area (Å²) >= 11 is 0. The molecule has 3 rings (SSSR count). The quantitative estimate of drug-likeness (QED) is 0.454. The Kier molecular flexibility index (Phi) is 5.39. The predicted octanol–water partition coefficient (Wildman–Crippen LogP) is 2.91. The van der Waals surface area contributed by atoms with Gasteiger partial charge in [0.15, 0.2) is 6.61 Å². The Morgan fingerprint density at radius 3 is 2.73 bits per heavy atom. The van der Waals surface area contributed by atoms with Gasteiger partial charge in [0.1, 0.15) is 11.4 Å². The maximum atomic E-state index is 12.0. The van der Waals surface area contributed by atoms with Crippen molar-refractivity contribution in [2.24, 2.45) is 17.8 Å². The van der Waals surface area contributed by atoms with Crippen LogP contribution in [0.5, 0.6) is 5.75 Å². The first-order chi connectivity index (χ1) is 12.5. The van der Waals surface area contributed by atoms with Crippen molar-refractivity contribution < 1.29 is 24.0 Å². The minimum absolute atomic E-state index is 0.0324. The largest absolute Gasteiger partial charge is 0.496 e. The number of nitro benzene ring substituents is 1. The van der Waals surface area contributed by atoms with Gasteiger partial charge in [-0.3, -0.25) is 19.7 Å². The number of fused-ring (bicyclic) bond motifs is 2. The van der Waals surface area contributed by atoms with Crippen molar-refractivity contribution in [3.8, 4) is 5.75 Å². The van der Waals surface area contributed by atoms with Crippen molar-refractivity contribution in [2.45, 2.75) is 32.1 Å². The van der Waals surface area contributed by atoms with E-state index < -0.39 is 17.4 Å². The topological polar surface area (TPSA) is 108 Å². The highest BCUT2D eigenvalue weighted by Crippen LogP contribution is 2.49. The molecule has 0 aromatic heterocycles. The van der Waals surface area contributed by atoms with E-state index in [0.717, 1.165) is 12.3 Å². The minimum Gasteiger partial charge on any atom is -0.496 e. The summed E-state index contributed by atoms with van der Waals surface area (Å²) in [7, 11) is 1.40. The molecule has 0 spiro atoms. The van der Waals surface area contributed by atoms with Crippen molar-refractivity contribution in [2.75, 3.05) is 19.0 Å². The van der Waals surface area contributed by atoms with Crippen LogP contribution in [0, 0.1) is 27.9 Å². The number of nitrogens with one attached hydrogen (secondary N) is 1. The Bertz CT molecular complexity index is 720. The number of anilines is 1. The van der Waals surface area contributed by atoms with E-state index in [0.29, 0.717) is 24.0 Å². The zero-order chi connectivity index (χ0) is 18.7. The van der Waals surface area contributed by atoms with Crippen LogP contribution < -0.4 is 10.1 Å². The van der Waals surface area contributed by atoms with Gasteiger partial charge in [0, 0.05) is 6.42 Å². The first kappa shape index (κ1) is 18.2. The number of hydrogen-bond acceptors (Lipinski definition) is 6. The molecule has 140 valence electrons. The number of hydrogen-bond donors (Lipinski definition) is 1. The van der Waals surface area contributed by atoms with Gasteiger partial charge in [-0.15, -0.1) is 0 Å². The molecule has 0 unspecified atom stereocenters. The normalized spacial score (nSPS) is 23.5. The average Bonchev–Trinajstić information content (AvgIpc) is 3.23. The number of carbonyl (C=O) groups excluding carboxylic acids is 2. The molecule has 2 aliphatic rings. The Morgan fingerprint density at radius 2 is 2.12 bits per heavy atom. The minimum atomic E-state index is -0.612. The van der Waals surface area contributed by atoms with Gasteiger partial charge in [-0.1, -0.05) is 6.42 Å². The molecule has 2 saturated carbocycles. The molecule has 0 saturated heterocycles. The van der Waals surface area contributed by atoms with Crippen LogP contribution >= 0.6 is 0 Å². The average molecular weight is 362 g/mol. The van der Waals surface area contributed by atoms with Gasteiger partial charge >= 0.3 is 5.97 Å². The summed E-state index contributed by atoms with van der Waals surface area (Å²) < 4.78 is 9.99. The van der Waals surface area contributed by atoms with E-state index in [2.05, 4.69) is 5.32 Å². The highest BCUT2D eigenvalue weighted by atomic mass is 16.6. The van der Waals surface area contributed by atoms with Crippen molar-refractivity contribution in [3.05, 3.63) is 28.3 Å². The van der Waals surface area contributed by atoms with E-state index in [1.165, 1.54) is 44.6 Å². The molecule has 2 fully saturated rings. The number of methoxy groups -OCH3 is 1. The van der Waals surface area contributed by atoms with Gasteiger partial charge in [-0.25, -0.2) is 0 Å². The van der Waals surface area contributed by atoms with Crippen LogP contribution in [0.1, 0.15) is 32.1 Å². The maximum absolute atomic E-state index is 12.0. The molecule has 3 atom stereocenters. The lowest BCUT2D eigenvalue weighted by molar-refractivity contribution is -0.384. The second kappa shape index (κ2) is 7.72. The van der Waals surface area contributed by atoms with E-state index >= 15 is 0 Å². The van der Waals surface area contributed by atoms with Crippen LogP contribution in [0.25, 0.3) is 0 Å². The van der Waals surface area contributed by atoms with Gasteiger partial charge < -0.3 is 14.8 Å². The molecule has 8 nitrogen and oxygen atoms in total. The maximum Gasteiger partial charge on any atom is 0.306 e. The number of amides is 1. The third-order valence-electron chi connectivity index (χ3n) is 5.35. The van der Waals surface area contributed by atoms with E-state index in [-0.39, 0.29) is 17.3 Å². The first-order valence-electron chi connectivity index (χ1n) is 8.74. The van der Waals surface area contributed by atoms with Crippen molar-refractivity contribution >= 4 is 23.3 Å². The molecule has 2 bridgehead atoms. The second-order valence-corrected chi connectivity index (χ2v) is 6.99. The number of benzene rings is 1. The Morgan fingerprint density at radius 1 is 1.31 bits per heavy atom. The van der Waals surface area contributed by atoms with Gasteiger partial charge in [0.2, 0.25) is 0 Å². The monoisotopic (exact) mass is 362 g/mol. The molecular weight excluding hydrogens is 340 g/mol. The lowest BCUT2D eigenvalue weighted by Crippen LogP contribution is -2.23. The van der Waals surface area contributed by atoms with Gasteiger partial charge in [0.05, 0.1) is 18.1 Å². The molecule has 1 N–H and O–H groups in total. The van der Waals surface area contributed by atoms with E-state index in [4.69, 9.17) is 9.47 Å². The SMILES string of the molecule is COc1ccc(NC(=O)COC(=O)C[C@@H]2C[C@@H]3CC[C@@H]2C3)c([N+](=O)[O-])c1. The van der Waals surface area contributed by atoms with Crippen LogP contribution in [0.4, 0.5) is 11.4 Å². The molecule has 1 aromatic carbocycles. The smallest absolute Gasteiger partial charge is 0.306 e. The highest BCUT2D eigenvalue weighted by molar-refractivity contribution is 5.95. The lowest BCUT2D eigenvalue weighted by atomic mass is 9.86. The summed E-state index contributed by atoms with van der Waals surface area (Å²) in [6.45, 7) is -0.456. The van der Waals surface area contributed by atoms with Crippen molar-refractivity contribution in [3.63, 3.8) is 0 Å². The van der Waals surface area contributed by atoms with Crippen molar-refractivity contribution in [1.29, 1.82) is 0 Å². The Hall–Kier alpha value is -2.64. The van der Waals surface area contributed by atoms with E-state index in [9.17, 15) is 19.7 Å². The first-order valence-corrected chi connectivity index (χ1v) is 8.74. The number of carbonyl (C=O) groups is 2. The summed E-state index contributed by atoms with van der Waals surface area (Å²) in [4.78, 5) is 34.4. The number of esters is 1. The molecule has 0 aliphatic heterocycles. The van der Waals surface area contributed by atoms with Crippen LogP contribution in [0.15, 0.2) is 18.2 Å². The molecule has 8 heteroatoms. The summed E-state index contributed by atoms with van der Waals surface area (Å²) in [5.74, 6) is 1.04. The Labute approximate surface area is 151 Å². The van der Waals surface area contributed by atoms with Crippen LogP contribution in [0.3, 0.4) is 0 Å². The number of nitrogens with zero attached hydrogens (tertiary/aromatic N) is 1. The predicted molar refractivity (Wildman–Crippen MR) is 92.8 cm³/mol.